The van der Waals surface area contributed by atoms with Gasteiger partial charge in [0.25, 0.3) is 6.47 Å². The highest BCUT2D eigenvalue weighted by Crippen LogP contribution is 0.966. The van der Waals surface area contributed by atoms with Gasteiger partial charge in [0.15, 0.2) is 0 Å². The third-order valence-corrected chi connectivity index (χ3v) is 0. The molecule has 0 fully saturated rings. The molecule has 34 valence electrons. The highest BCUT2D eigenvalue weighted by atomic mass is 19.0. The first-order valence-corrected chi connectivity index (χ1v) is 0.494. The van der Waals surface area contributed by atoms with Crippen molar-refractivity contribution in [3.05, 3.63) is 0 Å². The molecule has 0 aromatic rings. The predicted molar refractivity (Wildman–Crippen MR) is 16.2 cm³/mol. The Morgan fingerprint density at radius 1 is 1.60 bits per heavy atom. The highest BCUT2D eigenvalue weighted by Gasteiger charge is 1.22. The Bertz CT molecular complexity index is 17.1. The van der Waals surface area contributed by atoms with Gasteiger partial charge in [-0.15, -0.1) is 0 Å². The summed E-state index contributed by atoms with van der Waals surface area (Å²) in [6.45, 7) is -0.250. The van der Waals surface area contributed by atoms with Crippen LogP contribution in [0.15, 0.2) is 0 Å². The molecule has 0 saturated heterocycles. The summed E-state index contributed by atoms with van der Waals surface area (Å²) in [5, 5.41) is 6.89. The quantitative estimate of drug-likeness (QED) is 0.405. The van der Waals surface area contributed by atoms with Gasteiger partial charge >= 0.3 is 0 Å². The van der Waals surface area contributed by atoms with E-state index in [2.05, 4.69) is 0 Å². The lowest BCUT2D eigenvalue weighted by atomic mass is 11.7. The predicted octanol–water partition coefficient (Wildman–Crippen LogP) is 0.0153. The lowest BCUT2D eigenvalue weighted by Crippen LogP contribution is -1.49. The molecule has 0 spiro atoms. The third-order valence-electron chi connectivity index (χ3n) is 0. The van der Waals surface area contributed by atoms with E-state index in [0.29, 0.717) is 0 Å². The van der Waals surface area contributed by atoms with Crippen LogP contribution in [0.4, 0.5) is 4.70 Å². The average Bonchev–Trinajstić information content (AvgIpc) is 0.918. The number of carboxylic acid groups (broad SMARTS) is 1. The first kappa shape index (κ1) is 26.6. The van der Waals surface area contributed by atoms with Gasteiger partial charge in [0.05, 0.1) is 0 Å². The van der Waals surface area contributed by atoms with E-state index in [0.717, 1.165) is 0 Å². The molecule has 0 aliphatic carbocycles. The lowest BCUT2D eigenvalue weighted by molar-refractivity contribution is -0.122. The van der Waals surface area contributed by atoms with Crippen molar-refractivity contribution in [3.63, 3.8) is 0 Å². The third kappa shape index (κ3) is 15.2. The van der Waals surface area contributed by atoms with E-state index in [1.54, 1.807) is 0 Å². The van der Waals surface area contributed by atoms with Gasteiger partial charge in [0, 0.05) is 0 Å². The zero-order valence-electron chi connectivity index (χ0n) is 2.55. The molecule has 5 heavy (non-hydrogen) atoms. The molecule has 0 saturated carbocycles. The maximum absolute atomic E-state index is 8.36. The summed E-state index contributed by atoms with van der Waals surface area (Å²) in [6, 6.07) is 0. The van der Waals surface area contributed by atoms with Crippen molar-refractivity contribution in [2.45, 2.75) is 0 Å². The summed E-state index contributed by atoms with van der Waals surface area (Å²) in [6.07, 6.45) is 0. The fourth-order valence-corrected chi connectivity index (χ4v) is 0. The monoisotopic (exact) mass is 83.0 g/mol. The van der Waals surface area contributed by atoms with Crippen molar-refractivity contribution >= 4 is 6.47 Å². The maximum Gasteiger partial charge on any atom is 0.290 e. The SMILES string of the molecule is F.N.O=CO. The van der Waals surface area contributed by atoms with E-state index in [-0.39, 0.29) is 17.3 Å². The summed E-state index contributed by atoms with van der Waals surface area (Å²) < 4.78 is 0. The number of rotatable bonds is 0. The molecule has 0 aliphatic heterocycles. The van der Waals surface area contributed by atoms with Crippen molar-refractivity contribution in [2.75, 3.05) is 0 Å². The molecule has 4 N–H and O–H groups in total. The van der Waals surface area contributed by atoms with E-state index in [1.807, 2.05) is 0 Å². The Hall–Kier alpha value is -0.640. The van der Waals surface area contributed by atoms with Crippen LogP contribution in [-0.2, 0) is 4.79 Å². The molecule has 0 rings (SSSR count). The van der Waals surface area contributed by atoms with Gasteiger partial charge in [0.2, 0.25) is 0 Å². The molecule has 0 aromatic carbocycles. The minimum Gasteiger partial charge on any atom is -0.483 e. The summed E-state index contributed by atoms with van der Waals surface area (Å²) in [5.41, 5.74) is 0. The van der Waals surface area contributed by atoms with Crippen molar-refractivity contribution in [3.8, 4) is 0 Å². The van der Waals surface area contributed by atoms with Crippen LogP contribution in [0, 0.1) is 0 Å². The van der Waals surface area contributed by atoms with Gasteiger partial charge in [-0.2, -0.15) is 0 Å². The second-order valence-electron chi connectivity index (χ2n) is 0.105. The minimum absolute atomic E-state index is 0. The van der Waals surface area contributed by atoms with E-state index in [9.17, 15) is 0 Å². The van der Waals surface area contributed by atoms with E-state index >= 15 is 0 Å². The molecule has 0 aliphatic rings. The molecule has 0 bridgehead atoms. The molecule has 0 heterocycles. The molecule has 0 radical (unpaired) electrons. The standard InChI is InChI=1S/CH2O2.FH.H3N/c2-1-3;;/h1H,(H,2,3);1H;1H3. The molecule has 4 heteroatoms. The molecular formula is CH6FNO2. The summed E-state index contributed by atoms with van der Waals surface area (Å²) >= 11 is 0. The number of halogens is 1. The van der Waals surface area contributed by atoms with E-state index < -0.39 is 0 Å². The average molecular weight is 83.1 g/mol. The lowest BCUT2D eigenvalue weighted by Gasteiger charge is -1.34. The Morgan fingerprint density at radius 3 is 1.60 bits per heavy atom. The fraction of sp³-hybridized carbons (Fsp3) is 0. The maximum atomic E-state index is 8.36. The molecule has 0 aromatic heterocycles. The van der Waals surface area contributed by atoms with Crippen LogP contribution < -0.4 is 6.15 Å². The van der Waals surface area contributed by atoms with Crippen LogP contribution in [-0.4, -0.2) is 11.6 Å². The van der Waals surface area contributed by atoms with Crippen LogP contribution in [0.2, 0.25) is 0 Å². The normalized spacial score (nSPS) is 2.40. The van der Waals surface area contributed by atoms with Crippen molar-refractivity contribution in [2.24, 2.45) is 0 Å². The smallest absolute Gasteiger partial charge is 0.290 e. The van der Waals surface area contributed by atoms with Gasteiger partial charge in [-0.3, -0.25) is 9.50 Å². The molecule has 0 amide bonds. The van der Waals surface area contributed by atoms with E-state index in [4.69, 9.17) is 9.90 Å². The zero-order chi connectivity index (χ0) is 2.71. The van der Waals surface area contributed by atoms with Crippen LogP contribution in [0.3, 0.4) is 0 Å². The minimum atomic E-state index is -0.250. The molecule has 0 atom stereocenters. The second kappa shape index (κ2) is 144. The van der Waals surface area contributed by atoms with Crippen LogP contribution >= 0.6 is 0 Å². The van der Waals surface area contributed by atoms with Crippen LogP contribution in [0.25, 0.3) is 0 Å². The van der Waals surface area contributed by atoms with Gasteiger partial charge in [-0.05, 0) is 0 Å². The van der Waals surface area contributed by atoms with Crippen molar-refractivity contribution in [1.82, 2.24) is 6.15 Å². The fourth-order valence-electron chi connectivity index (χ4n) is 0. The number of carbonyl (C=O) groups is 1. The van der Waals surface area contributed by atoms with Gasteiger partial charge in [0.1, 0.15) is 0 Å². The Labute approximate surface area is 28.6 Å². The number of hydrogen-bond donors (Lipinski definition) is 2. The van der Waals surface area contributed by atoms with Gasteiger partial charge in [-0.1, -0.05) is 0 Å². The van der Waals surface area contributed by atoms with E-state index in [1.165, 1.54) is 0 Å². The largest absolute Gasteiger partial charge is 0.483 e. The first-order chi connectivity index (χ1) is 1.41. The Kier molecular flexibility index (Phi) is 769. The van der Waals surface area contributed by atoms with Crippen LogP contribution in [0.5, 0.6) is 0 Å². The van der Waals surface area contributed by atoms with Crippen molar-refractivity contribution < 1.29 is 14.6 Å². The second-order valence-corrected chi connectivity index (χ2v) is 0.105. The summed E-state index contributed by atoms with van der Waals surface area (Å²) in [4.78, 5) is 8.36. The Balaban J connectivity index is -0.0000000200. The molecular weight excluding hydrogens is 77.0 g/mol. The molecule has 3 nitrogen and oxygen atoms in total. The highest BCUT2D eigenvalue weighted by molar-refractivity contribution is 5.32. The van der Waals surface area contributed by atoms with Gasteiger partial charge < -0.3 is 11.3 Å². The van der Waals surface area contributed by atoms with Gasteiger partial charge in [-0.25, -0.2) is 0 Å². The van der Waals surface area contributed by atoms with Crippen LogP contribution in [0.1, 0.15) is 0 Å². The topological polar surface area (TPSA) is 72.3 Å². The molecule has 0 unspecified atom stereocenters. The number of hydrogen-bond acceptors (Lipinski definition) is 2. The first-order valence-electron chi connectivity index (χ1n) is 0.494. The Morgan fingerprint density at radius 2 is 1.60 bits per heavy atom. The summed E-state index contributed by atoms with van der Waals surface area (Å²) in [7, 11) is 0. The zero-order valence-corrected chi connectivity index (χ0v) is 2.55. The summed E-state index contributed by atoms with van der Waals surface area (Å²) in [5.74, 6) is 0. The van der Waals surface area contributed by atoms with Crippen molar-refractivity contribution in [1.29, 1.82) is 0 Å².